The predicted octanol–water partition coefficient (Wildman–Crippen LogP) is 1.47. The second-order valence-electron chi connectivity index (χ2n) is 2.79. The molecule has 2 N–H and O–H groups in total. The van der Waals surface area contributed by atoms with E-state index < -0.39 is 0 Å². The van der Waals surface area contributed by atoms with E-state index in [1.807, 2.05) is 6.92 Å². The molecule has 0 heterocycles. The number of benzene rings is 1. The van der Waals surface area contributed by atoms with Crippen LogP contribution < -0.4 is 10.2 Å². The molecule has 0 saturated carbocycles. The van der Waals surface area contributed by atoms with Gasteiger partial charge in [0.05, 0.1) is 0 Å². The first-order valence-electron chi connectivity index (χ1n) is 4.22. The van der Waals surface area contributed by atoms with Crippen LogP contribution in [0.2, 0.25) is 5.32 Å². The molecule has 2 heteroatoms. The molecule has 0 fully saturated rings. The van der Waals surface area contributed by atoms with Crippen molar-refractivity contribution in [2.75, 3.05) is 0 Å². The first-order chi connectivity index (χ1) is 5.74. The summed E-state index contributed by atoms with van der Waals surface area (Å²) in [7, 11) is 0. The van der Waals surface area contributed by atoms with E-state index in [0.29, 0.717) is 15.0 Å². The molecular weight excluding hydrogens is 213 g/mol. The molecule has 0 aromatic heterocycles. The number of hydrogen-bond acceptors (Lipinski definition) is 1. The molecule has 0 saturated heterocycles. The summed E-state index contributed by atoms with van der Waals surface area (Å²) in [4.78, 5) is 0. The van der Waals surface area contributed by atoms with Crippen LogP contribution in [0.25, 0.3) is 0 Å². The monoisotopic (exact) mass is 229 g/mol. The predicted molar refractivity (Wildman–Crippen MR) is 54.9 cm³/mol. The fraction of sp³-hybridized carbons (Fsp3) is 0.400. The summed E-state index contributed by atoms with van der Waals surface area (Å²) in [5, 5.41) is 1.26. The van der Waals surface area contributed by atoms with Crippen molar-refractivity contribution in [2.24, 2.45) is 5.73 Å². The van der Waals surface area contributed by atoms with Crippen LogP contribution in [0.4, 0.5) is 0 Å². The molecule has 1 nitrogen and oxygen atoms in total. The van der Waals surface area contributed by atoms with Crippen LogP contribution in [0.5, 0.6) is 0 Å². The Balaban J connectivity index is 2.81. The Morgan fingerprint density at radius 2 is 2.25 bits per heavy atom. The van der Waals surface area contributed by atoms with Gasteiger partial charge in [-0.05, 0) is 0 Å². The molecule has 0 amide bonds. The maximum atomic E-state index is 5.79. The molecule has 0 aliphatic rings. The van der Waals surface area contributed by atoms with Crippen molar-refractivity contribution in [2.45, 2.75) is 25.2 Å². The average Bonchev–Trinajstić information content (AvgIpc) is 2.05. The van der Waals surface area contributed by atoms with Crippen LogP contribution in [-0.2, 0) is 0 Å². The first kappa shape index (κ1) is 9.78. The summed E-state index contributed by atoms with van der Waals surface area (Å²) in [5.41, 5.74) is 7.04. The molecule has 1 aromatic carbocycles. The Morgan fingerprint density at radius 1 is 1.50 bits per heavy atom. The number of hydrogen-bond donors (Lipinski definition) is 1. The fourth-order valence-electron chi connectivity index (χ4n) is 1.05. The normalized spacial score (nSPS) is 12.9. The molecule has 1 aromatic rings. The summed E-state index contributed by atoms with van der Waals surface area (Å²) >= 11 is 0.630. The standard InChI is InChI=1S/C10H15NSe/c1-3-12-10-6-4-5-9(7-10)8(2)11/h4-8H,3,11H2,1-2H3/t8-/m0/s1. The van der Waals surface area contributed by atoms with Crippen LogP contribution in [-0.4, -0.2) is 15.0 Å². The molecule has 66 valence electrons. The van der Waals surface area contributed by atoms with Gasteiger partial charge in [-0.3, -0.25) is 0 Å². The summed E-state index contributed by atoms with van der Waals surface area (Å²) in [6.07, 6.45) is 0. The quantitative estimate of drug-likeness (QED) is 0.779. The minimum atomic E-state index is 0.164. The Bertz CT molecular complexity index is 245. The number of nitrogens with two attached hydrogens (primary N) is 1. The third-order valence-electron chi connectivity index (χ3n) is 1.69. The van der Waals surface area contributed by atoms with Crippen molar-refractivity contribution >= 4 is 19.4 Å². The van der Waals surface area contributed by atoms with Gasteiger partial charge in [0.25, 0.3) is 0 Å². The van der Waals surface area contributed by atoms with Crippen molar-refractivity contribution in [1.82, 2.24) is 0 Å². The van der Waals surface area contributed by atoms with Crippen molar-refractivity contribution in [1.29, 1.82) is 0 Å². The zero-order chi connectivity index (χ0) is 8.97. The Kier molecular flexibility index (Phi) is 3.80. The van der Waals surface area contributed by atoms with Crippen LogP contribution in [0.3, 0.4) is 0 Å². The van der Waals surface area contributed by atoms with Crippen LogP contribution in [0, 0.1) is 0 Å². The molecule has 0 unspecified atom stereocenters. The average molecular weight is 228 g/mol. The topological polar surface area (TPSA) is 26.0 Å². The van der Waals surface area contributed by atoms with Gasteiger partial charge in [0, 0.05) is 0 Å². The van der Waals surface area contributed by atoms with Gasteiger partial charge in [0.2, 0.25) is 0 Å². The Morgan fingerprint density at radius 3 is 2.83 bits per heavy atom. The van der Waals surface area contributed by atoms with Gasteiger partial charge >= 0.3 is 80.2 Å². The summed E-state index contributed by atoms with van der Waals surface area (Å²) in [6, 6.07) is 8.78. The summed E-state index contributed by atoms with van der Waals surface area (Å²) < 4.78 is 1.46. The van der Waals surface area contributed by atoms with Crippen LogP contribution >= 0.6 is 0 Å². The van der Waals surface area contributed by atoms with Gasteiger partial charge in [-0.15, -0.1) is 0 Å². The molecular formula is C10H15NSe. The van der Waals surface area contributed by atoms with Crippen molar-refractivity contribution in [3.05, 3.63) is 29.8 Å². The first-order valence-corrected chi connectivity index (χ1v) is 6.29. The van der Waals surface area contributed by atoms with Crippen molar-refractivity contribution < 1.29 is 0 Å². The van der Waals surface area contributed by atoms with E-state index in [2.05, 4.69) is 31.2 Å². The molecule has 1 rings (SSSR count). The molecule has 0 aliphatic heterocycles. The molecule has 0 aliphatic carbocycles. The molecule has 0 bridgehead atoms. The summed E-state index contributed by atoms with van der Waals surface area (Å²) in [6.45, 7) is 4.25. The molecule has 0 spiro atoms. The Labute approximate surface area is 80.5 Å². The van der Waals surface area contributed by atoms with Gasteiger partial charge in [0.15, 0.2) is 0 Å². The zero-order valence-electron chi connectivity index (χ0n) is 7.58. The number of rotatable bonds is 3. The van der Waals surface area contributed by atoms with Gasteiger partial charge in [-0.1, -0.05) is 0 Å². The zero-order valence-corrected chi connectivity index (χ0v) is 9.29. The van der Waals surface area contributed by atoms with Crippen LogP contribution in [0.15, 0.2) is 24.3 Å². The van der Waals surface area contributed by atoms with E-state index in [1.54, 1.807) is 0 Å². The van der Waals surface area contributed by atoms with E-state index >= 15 is 0 Å². The van der Waals surface area contributed by atoms with E-state index in [4.69, 9.17) is 5.73 Å². The third kappa shape index (κ3) is 2.63. The SMILES string of the molecule is CC[Se]c1cccc([C@H](C)N)c1. The van der Waals surface area contributed by atoms with E-state index in [9.17, 15) is 0 Å². The van der Waals surface area contributed by atoms with Crippen molar-refractivity contribution in [3.63, 3.8) is 0 Å². The van der Waals surface area contributed by atoms with E-state index in [1.165, 1.54) is 15.3 Å². The van der Waals surface area contributed by atoms with Gasteiger partial charge in [0.1, 0.15) is 0 Å². The van der Waals surface area contributed by atoms with Crippen LogP contribution in [0.1, 0.15) is 25.5 Å². The van der Waals surface area contributed by atoms with Crippen molar-refractivity contribution in [3.8, 4) is 0 Å². The molecule has 12 heavy (non-hydrogen) atoms. The fourth-order valence-corrected chi connectivity index (χ4v) is 2.58. The second-order valence-corrected chi connectivity index (χ2v) is 5.60. The minimum absolute atomic E-state index is 0.164. The van der Waals surface area contributed by atoms with Gasteiger partial charge in [-0.25, -0.2) is 0 Å². The van der Waals surface area contributed by atoms with Gasteiger partial charge in [-0.2, -0.15) is 0 Å². The maximum absolute atomic E-state index is 5.79. The van der Waals surface area contributed by atoms with E-state index in [0.717, 1.165) is 0 Å². The van der Waals surface area contributed by atoms with Gasteiger partial charge < -0.3 is 0 Å². The molecule has 1 atom stereocenters. The summed E-state index contributed by atoms with van der Waals surface area (Å²) in [5.74, 6) is 0. The van der Waals surface area contributed by atoms with E-state index in [-0.39, 0.29) is 6.04 Å². The molecule has 0 radical (unpaired) electrons. The second kappa shape index (κ2) is 4.66. The third-order valence-corrected chi connectivity index (χ3v) is 3.53. The Hall–Kier alpha value is -0.301.